The van der Waals surface area contributed by atoms with E-state index in [0.29, 0.717) is 18.8 Å². The molecule has 2 aliphatic rings. The van der Waals surface area contributed by atoms with E-state index in [1.165, 1.54) is 19.1 Å². The van der Waals surface area contributed by atoms with Crippen molar-refractivity contribution < 1.29 is 19.1 Å². The average molecular weight is 396 g/mol. The second-order valence-corrected chi connectivity index (χ2v) is 8.01. The Hall–Kier alpha value is -2.93. The second-order valence-electron chi connectivity index (χ2n) is 8.01. The number of amides is 2. The summed E-state index contributed by atoms with van der Waals surface area (Å²) >= 11 is 0. The number of aliphatic hydroxyl groups excluding tert-OH is 1. The molecule has 1 saturated heterocycles. The first-order chi connectivity index (χ1) is 13.8. The van der Waals surface area contributed by atoms with E-state index in [2.05, 4.69) is 5.32 Å². The molecule has 0 bridgehead atoms. The van der Waals surface area contributed by atoms with Gasteiger partial charge in [-0.25, -0.2) is 0 Å². The van der Waals surface area contributed by atoms with Gasteiger partial charge in [-0.1, -0.05) is 30.3 Å². The van der Waals surface area contributed by atoms with E-state index in [1.54, 1.807) is 11.8 Å². The van der Waals surface area contributed by atoms with Gasteiger partial charge < -0.3 is 19.7 Å². The van der Waals surface area contributed by atoms with Gasteiger partial charge in [0.1, 0.15) is 5.76 Å². The fourth-order valence-corrected chi connectivity index (χ4v) is 4.87. The Kier molecular flexibility index (Phi) is 4.78. The predicted molar refractivity (Wildman–Crippen MR) is 105 cm³/mol. The third-order valence-corrected chi connectivity index (χ3v) is 6.16. The number of hydrogen-bond donors (Lipinski definition) is 2. The number of carbonyl (C=O) groups excluding carboxylic acids is 2. The molecule has 29 heavy (non-hydrogen) atoms. The molecular weight excluding hydrogens is 372 g/mol. The molecule has 2 amide bonds. The molecule has 1 aromatic carbocycles. The maximum absolute atomic E-state index is 12.9. The summed E-state index contributed by atoms with van der Waals surface area (Å²) in [6.07, 6.45) is -0.730. The molecule has 1 saturated carbocycles. The molecule has 2 fully saturated rings. The average Bonchev–Trinajstić information content (AvgIpc) is 3.19. The molecule has 0 radical (unpaired) electrons. The van der Waals surface area contributed by atoms with Crippen LogP contribution < -0.4 is 10.7 Å². The number of likely N-dealkylation sites (tertiary alicyclic amines) is 1. The number of hydrogen-bond acceptors (Lipinski definition) is 5. The van der Waals surface area contributed by atoms with Crippen LogP contribution in [0.3, 0.4) is 0 Å². The van der Waals surface area contributed by atoms with Crippen LogP contribution in [0.1, 0.15) is 34.7 Å². The number of rotatable bonds is 4. The lowest BCUT2D eigenvalue weighted by Crippen LogP contribution is -2.30. The number of benzene rings is 1. The molecule has 7 heteroatoms. The summed E-state index contributed by atoms with van der Waals surface area (Å²) in [5, 5.41) is 13.8. The van der Waals surface area contributed by atoms with Crippen molar-refractivity contribution in [2.75, 3.05) is 19.6 Å². The van der Waals surface area contributed by atoms with Gasteiger partial charge in [0.05, 0.1) is 6.10 Å². The van der Waals surface area contributed by atoms with Crippen LogP contribution in [-0.4, -0.2) is 47.6 Å². The molecule has 4 atom stereocenters. The largest absolute Gasteiger partial charge is 0.456 e. The minimum atomic E-state index is -0.730. The van der Waals surface area contributed by atoms with Crippen molar-refractivity contribution in [2.24, 2.45) is 11.3 Å². The maximum atomic E-state index is 12.9. The number of β-amino-alcohol motifs (C(OH)–C–C–N with tert-alkyl or cyclic N) is 1. The van der Waals surface area contributed by atoms with Gasteiger partial charge in [-0.2, -0.15) is 0 Å². The standard InChI is InChI=1S/C22H24N2O5/c1-13-8-16(26)9-18(29-13)21(28)24-11-19(27)22(12-24)17(10-23-14(2)25)20(22)15-6-4-3-5-7-15/h3-9,17,19-20,27H,10-12H2,1-2H3,(H,23,25)/t17-,19-,20-,22-/m1/s1. The fraction of sp³-hybridized carbons (Fsp3) is 0.409. The van der Waals surface area contributed by atoms with E-state index >= 15 is 0 Å². The topological polar surface area (TPSA) is 99.9 Å². The van der Waals surface area contributed by atoms with Crippen molar-refractivity contribution in [3.8, 4) is 0 Å². The smallest absolute Gasteiger partial charge is 0.289 e. The zero-order valence-electron chi connectivity index (χ0n) is 16.4. The molecule has 1 aliphatic heterocycles. The summed E-state index contributed by atoms with van der Waals surface area (Å²) in [6, 6.07) is 12.4. The second kappa shape index (κ2) is 7.15. The van der Waals surface area contributed by atoms with E-state index in [1.807, 2.05) is 30.3 Å². The summed E-state index contributed by atoms with van der Waals surface area (Å²) in [7, 11) is 0. The summed E-state index contributed by atoms with van der Waals surface area (Å²) in [4.78, 5) is 37.7. The van der Waals surface area contributed by atoms with Crippen LogP contribution in [0.25, 0.3) is 0 Å². The van der Waals surface area contributed by atoms with Crippen molar-refractivity contribution >= 4 is 11.8 Å². The summed E-state index contributed by atoms with van der Waals surface area (Å²) in [5.74, 6) is -0.125. The lowest BCUT2D eigenvalue weighted by Gasteiger charge is -2.16. The first-order valence-corrected chi connectivity index (χ1v) is 9.71. The monoisotopic (exact) mass is 396 g/mol. The normalized spacial score (nSPS) is 27.8. The Morgan fingerprint density at radius 2 is 2.00 bits per heavy atom. The highest BCUT2D eigenvalue weighted by molar-refractivity contribution is 5.91. The van der Waals surface area contributed by atoms with E-state index in [0.717, 1.165) is 5.56 Å². The van der Waals surface area contributed by atoms with Gasteiger partial charge in [0.15, 0.2) is 11.2 Å². The predicted octanol–water partition coefficient (Wildman–Crippen LogP) is 1.30. The minimum absolute atomic E-state index is 0.0189. The van der Waals surface area contributed by atoms with Gasteiger partial charge in [-0.05, 0) is 24.3 Å². The van der Waals surface area contributed by atoms with Crippen molar-refractivity contribution in [1.29, 1.82) is 0 Å². The molecule has 1 spiro atoms. The molecule has 1 aliphatic carbocycles. The number of aryl methyl sites for hydroxylation is 1. The van der Waals surface area contributed by atoms with E-state index in [9.17, 15) is 19.5 Å². The highest BCUT2D eigenvalue weighted by Crippen LogP contribution is 2.68. The zero-order valence-corrected chi connectivity index (χ0v) is 16.4. The molecule has 1 aromatic heterocycles. The van der Waals surface area contributed by atoms with Crippen LogP contribution >= 0.6 is 0 Å². The third-order valence-electron chi connectivity index (χ3n) is 6.16. The number of carbonyl (C=O) groups is 2. The van der Waals surface area contributed by atoms with Crippen LogP contribution in [0.4, 0.5) is 0 Å². The molecule has 7 nitrogen and oxygen atoms in total. The Morgan fingerprint density at radius 3 is 2.66 bits per heavy atom. The molecule has 2 aromatic rings. The summed E-state index contributed by atoms with van der Waals surface area (Å²) in [5.41, 5.74) is 0.269. The molecular formula is C22H24N2O5. The minimum Gasteiger partial charge on any atom is -0.456 e. The highest BCUT2D eigenvalue weighted by atomic mass is 16.3. The Morgan fingerprint density at radius 1 is 1.28 bits per heavy atom. The molecule has 152 valence electrons. The summed E-state index contributed by atoms with van der Waals surface area (Å²) in [6.45, 7) is 4.03. The first-order valence-electron chi connectivity index (χ1n) is 9.71. The van der Waals surface area contributed by atoms with E-state index in [-0.39, 0.29) is 35.5 Å². The Labute approximate surface area is 168 Å². The highest BCUT2D eigenvalue weighted by Gasteiger charge is 2.71. The molecule has 2 N–H and O–H groups in total. The van der Waals surface area contributed by atoms with Crippen LogP contribution in [0, 0.1) is 18.3 Å². The van der Waals surface area contributed by atoms with Crippen molar-refractivity contribution in [2.45, 2.75) is 25.9 Å². The van der Waals surface area contributed by atoms with Crippen molar-refractivity contribution in [3.05, 3.63) is 69.8 Å². The Balaban J connectivity index is 1.61. The molecule has 2 heterocycles. The quantitative estimate of drug-likeness (QED) is 0.812. The lowest BCUT2D eigenvalue weighted by molar-refractivity contribution is -0.119. The van der Waals surface area contributed by atoms with Gasteiger partial charge in [0.2, 0.25) is 5.91 Å². The van der Waals surface area contributed by atoms with Crippen LogP contribution in [0.15, 0.2) is 51.7 Å². The van der Waals surface area contributed by atoms with Gasteiger partial charge in [0.25, 0.3) is 5.91 Å². The van der Waals surface area contributed by atoms with Crippen molar-refractivity contribution in [3.63, 3.8) is 0 Å². The van der Waals surface area contributed by atoms with E-state index in [4.69, 9.17) is 4.42 Å². The maximum Gasteiger partial charge on any atom is 0.289 e. The first kappa shape index (κ1) is 19.4. The SMILES string of the molecule is CC(=O)NC[C@@H]1[C@@H](c2ccccc2)[C@]12CN(C(=O)c1cc(=O)cc(C)o1)C[C@H]2O. The van der Waals surface area contributed by atoms with Crippen LogP contribution in [-0.2, 0) is 4.79 Å². The van der Waals surface area contributed by atoms with Gasteiger partial charge in [-0.15, -0.1) is 0 Å². The Bertz CT molecular complexity index is 1000. The molecule has 4 rings (SSSR count). The molecule has 0 unspecified atom stereocenters. The zero-order chi connectivity index (χ0) is 20.8. The van der Waals surface area contributed by atoms with Gasteiger partial charge in [-0.3, -0.25) is 14.4 Å². The van der Waals surface area contributed by atoms with Gasteiger partial charge in [0, 0.05) is 44.1 Å². The van der Waals surface area contributed by atoms with Crippen molar-refractivity contribution in [1.82, 2.24) is 10.2 Å². The number of nitrogens with zero attached hydrogens (tertiary/aromatic N) is 1. The number of nitrogens with one attached hydrogen (secondary N) is 1. The summed E-state index contributed by atoms with van der Waals surface area (Å²) < 4.78 is 5.44. The van der Waals surface area contributed by atoms with E-state index < -0.39 is 17.4 Å². The van der Waals surface area contributed by atoms with Gasteiger partial charge >= 0.3 is 0 Å². The van der Waals surface area contributed by atoms with Crippen LogP contribution in [0.5, 0.6) is 0 Å². The lowest BCUT2D eigenvalue weighted by atomic mass is 9.95. The third kappa shape index (κ3) is 3.35. The number of aliphatic hydroxyl groups is 1. The van der Waals surface area contributed by atoms with Crippen LogP contribution in [0.2, 0.25) is 0 Å². The fourth-order valence-electron chi connectivity index (χ4n) is 4.87.